The third kappa shape index (κ3) is 4.47. The van der Waals surface area contributed by atoms with Crippen LogP contribution in [0.5, 0.6) is 11.5 Å². The first-order valence-corrected chi connectivity index (χ1v) is 12.9. The zero-order valence-electron chi connectivity index (χ0n) is 18.8. The second-order valence-corrected chi connectivity index (χ2v) is 10.6. The summed E-state index contributed by atoms with van der Waals surface area (Å²) in [6, 6.07) is 11.9. The summed E-state index contributed by atoms with van der Waals surface area (Å²) in [5.74, 6) is 1.02. The van der Waals surface area contributed by atoms with Crippen molar-refractivity contribution in [1.82, 2.24) is 14.1 Å². The Balaban J connectivity index is 1.20. The van der Waals surface area contributed by atoms with Gasteiger partial charge < -0.3 is 19.3 Å². The zero-order valence-corrected chi connectivity index (χ0v) is 19.6. The van der Waals surface area contributed by atoms with Gasteiger partial charge in [0.15, 0.2) is 11.5 Å². The van der Waals surface area contributed by atoms with Crippen LogP contribution >= 0.6 is 0 Å². The van der Waals surface area contributed by atoms with Gasteiger partial charge in [-0.1, -0.05) is 12.1 Å². The summed E-state index contributed by atoms with van der Waals surface area (Å²) in [5.41, 5.74) is 1.54. The topological polar surface area (TPSA) is 96.5 Å². The largest absolute Gasteiger partial charge is 0.486 e. The fraction of sp³-hybridized carbons (Fsp3) is 0.417. The molecule has 0 bridgehead atoms. The highest BCUT2D eigenvalue weighted by atomic mass is 32.2. The monoisotopic (exact) mass is 485 g/mol. The van der Waals surface area contributed by atoms with Crippen molar-refractivity contribution in [2.45, 2.75) is 24.3 Å². The average molecular weight is 486 g/mol. The van der Waals surface area contributed by atoms with E-state index in [2.05, 4.69) is 0 Å². The molecule has 9 nitrogen and oxygen atoms in total. The maximum atomic E-state index is 13.1. The number of amides is 2. The number of ether oxygens (including phenoxy) is 2. The lowest BCUT2D eigenvalue weighted by Gasteiger charge is -2.34. The Morgan fingerprint density at radius 2 is 1.59 bits per heavy atom. The Morgan fingerprint density at radius 3 is 2.26 bits per heavy atom. The van der Waals surface area contributed by atoms with Crippen LogP contribution in [0.15, 0.2) is 47.4 Å². The molecular formula is C24H27N3O6S. The molecular weight excluding hydrogens is 458 g/mol. The summed E-state index contributed by atoms with van der Waals surface area (Å²) in [7, 11) is -3.70. The number of fused-ring (bicyclic) bond motifs is 1. The molecule has 180 valence electrons. The Morgan fingerprint density at radius 1 is 0.882 bits per heavy atom. The van der Waals surface area contributed by atoms with Gasteiger partial charge in [-0.3, -0.25) is 9.59 Å². The zero-order chi connectivity index (χ0) is 23.7. The molecule has 0 atom stereocenters. The van der Waals surface area contributed by atoms with E-state index in [1.54, 1.807) is 23.1 Å². The molecule has 0 saturated carbocycles. The number of carbonyl (C=O) groups is 2. The highest BCUT2D eigenvalue weighted by Gasteiger charge is 2.31. The average Bonchev–Trinajstić information content (AvgIpc) is 3.28. The molecule has 0 unspecified atom stereocenters. The van der Waals surface area contributed by atoms with E-state index in [1.807, 2.05) is 17.0 Å². The first-order valence-electron chi connectivity index (χ1n) is 11.5. The van der Waals surface area contributed by atoms with Crippen molar-refractivity contribution in [2.24, 2.45) is 0 Å². The van der Waals surface area contributed by atoms with Gasteiger partial charge in [0, 0.05) is 57.3 Å². The van der Waals surface area contributed by atoms with Gasteiger partial charge in [0.05, 0.1) is 4.90 Å². The lowest BCUT2D eigenvalue weighted by molar-refractivity contribution is -0.128. The van der Waals surface area contributed by atoms with Gasteiger partial charge in [-0.05, 0) is 36.2 Å². The molecule has 3 aliphatic rings. The molecule has 10 heteroatoms. The number of rotatable bonds is 5. The van der Waals surface area contributed by atoms with Crippen molar-refractivity contribution < 1.29 is 27.5 Å². The van der Waals surface area contributed by atoms with Crippen molar-refractivity contribution in [3.05, 3.63) is 53.6 Å². The van der Waals surface area contributed by atoms with Crippen LogP contribution in [0.3, 0.4) is 0 Å². The maximum absolute atomic E-state index is 13.1. The first-order chi connectivity index (χ1) is 16.4. The van der Waals surface area contributed by atoms with Gasteiger partial charge in [0.25, 0.3) is 5.91 Å². The fourth-order valence-electron chi connectivity index (χ4n) is 4.49. The van der Waals surface area contributed by atoms with Gasteiger partial charge in [-0.2, -0.15) is 4.31 Å². The normalized spacial score (nSPS) is 18.9. The van der Waals surface area contributed by atoms with Gasteiger partial charge in [0.1, 0.15) is 13.2 Å². The molecule has 5 rings (SSSR count). The molecule has 0 radical (unpaired) electrons. The molecule has 2 aromatic rings. The third-order valence-electron chi connectivity index (χ3n) is 6.42. The molecule has 2 aromatic carbocycles. The number of hydrogen-bond acceptors (Lipinski definition) is 6. The predicted octanol–water partition coefficient (Wildman–Crippen LogP) is 1.73. The number of benzene rings is 2. The van der Waals surface area contributed by atoms with Crippen LogP contribution in [0.2, 0.25) is 0 Å². The van der Waals surface area contributed by atoms with Crippen molar-refractivity contribution in [2.75, 3.05) is 45.9 Å². The summed E-state index contributed by atoms with van der Waals surface area (Å²) >= 11 is 0. The maximum Gasteiger partial charge on any atom is 0.253 e. The fourth-order valence-corrected chi connectivity index (χ4v) is 5.93. The Labute approximate surface area is 198 Å². The molecule has 2 amide bonds. The lowest BCUT2D eigenvalue weighted by Crippen LogP contribution is -2.50. The highest BCUT2D eigenvalue weighted by Crippen LogP contribution is 2.33. The first kappa shape index (κ1) is 22.7. The Hall–Kier alpha value is -3.11. The highest BCUT2D eigenvalue weighted by molar-refractivity contribution is 7.89. The molecule has 0 N–H and O–H groups in total. The Bertz CT molecular complexity index is 1190. The third-order valence-corrected chi connectivity index (χ3v) is 8.32. The molecule has 3 heterocycles. The summed E-state index contributed by atoms with van der Waals surface area (Å²) < 4.78 is 38.6. The van der Waals surface area contributed by atoms with E-state index in [0.717, 1.165) is 18.5 Å². The van der Waals surface area contributed by atoms with E-state index in [0.29, 0.717) is 56.3 Å². The van der Waals surface area contributed by atoms with E-state index in [-0.39, 0.29) is 29.8 Å². The van der Waals surface area contributed by atoms with Crippen LogP contribution in [0.1, 0.15) is 28.8 Å². The Kier molecular flexibility index (Phi) is 6.18. The number of carbonyl (C=O) groups excluding carboxylic acids is 2. The van der Waals surface area contributed by atoms with E-state index >= 15 is 0 Å². The standard InChI is InChI=1S/C24H27N3O6S/c28-23-2-1-9-26(23)17-18-3-5-19(6-4-18)24(29)25-10-12-27(13-11-25)34(30,31)20-7-8-21-22(16-20)33-15-14-32-21/h3-8,16H,1-2,9-15,17H2. The second-order valence-electron chi connectivity index (χ2n) is 8.62. The van der Waals surface area contributed by atoms with E-state index < -0.39 is 10.0 Å². The molecule has 2 fully saturated rings. The molecule has 3 aliphatic heterocycles. The molecule has 34 heavy (non-hydrogen) atoms. The number of sulfonamides is 1. The van der Waals surface area contributed by atoms with E-state index in [1.165, 1.54) is 16.4 Å². The van der Waals surface area contributed by atoms with Gasteiger partial charge in [-0.25, -0.2) is 8.42 Å². The van der Waals surface area contributed by atoms with E-state index in [9.17, 15) is 18.0 Å². The van der Waals surface area contributed by atoms with Crippen LogP contribution in [-0.4, -0.2) is 80.3 Å². The molecule has 2 saturated heterocycles. The van der Waals surface area contributed by atoms with Gasteiger partial charge in [0.2, 0.25) is 15.9 Å². The van der Waals surface area contributed by atoms with E-state index in [4.69, 9.17) is 9.47 Å². The summed E-state index contributed by atoms with van der Waals surface area (Å²) in [4.78, 5) is 28.4. The van der Waals surface area contributed by atoms with Crippen LogP contribution in [0, 0.1) is 0 Å². The summed E-state index contributed by atoms with van der Waals surface area (Å²) in [6.45, 7) is 3.22. The summed E-state index contributed by atoms with van der Waals surface area (Å²) in [6.07, 6.45) is 1.50. The van der Waals surface area contributed by atoms with Crippen molar-refractivity contribution in [3.8, 4) is 11.5 Å². The minimum Gasteiger partial charge on any atom is -0.486 e. The van der Waals surface area contributed by atoms with Gasteiger partial charge in [-0.15, -0.1) is 0 Å². The van der Waals surface area contributed by atoms with Crippen LogP contribution in [0.4, 0.5) is 0 Å². The lowest BCUT2D eigenvalue weighted by atomic mass is 10.1. The minimum absolute atomic E-state index is 0.125. The summed E-state index contributed by atoms with van der Waals surface area (Å²) in [5, 5.41) is 0. The molecule has 0 aliphatic carbocycles. The van der Waals surface area contributed by atoms with Crippen LogP contribution in [0.25, 0.3) is 0 Å². The number of nitrogens with zero attached hydrogens (tertiary/aromatic N) is 3. The SMILES string of the molecule is O=C1CCCN1Cc1ccc(C(=O)N2CCN(S(=O)(=O)c3ccc4c(c3)OCCO4)CC2)cc1. The van der Waals surface area contributed by atoms with Gasteiger partial charge >= 0.3 is 0 Å². The quantitative estimate of drug-likeness (QED) is 0.640. The van der Waals surface area contributed by atoms with Crippen molar-refractivity contribution in [3.63, 3.8) is 0 Å². The van der Waals surface area contributed by atoms with Crippen LogP contribution < -0.4 is 9.47 Å². The minimum atomic E-state index is -3.70. The van der Waals surface area contributed by atoms with Crippen molar-refractivity contribution in [1.29, 1.82) is 0 Å². The van der Waals surface area contributed by atoms with Crippen molar-refractivity contribution >= 4 is 21.8 Å². The van der Waals surface area contributed by atoms with Crippen LogP contribution in [-0.2, 0) is 21.4 Å². The predicted molar refractivity (Wildman–Crippen MR) is 123 cm³/mol. The smallest absolute Gasteiger partial charge is 0.253 e. The second kappa shape index (κ2) is 9.27. The number of hydrogen-bond donors (Lipinski definition) is 0. The number of likely N-dealkylation sites (tertiary alicyclic amines) is 1. The molecule has 0 aromatic heterocycles. The number of piperazine rings is 1. The molecule has 0 spiro atoms.